The lowest BCUT2D eigenvalue weighted by atomic mass is 9.95. The number of halogens is 2. The van der Waals surface area contributed by atoms with E-state index in [9.17, 15) is 9.50 Å². The van der Waals surface area contributed by atoms with E-state index in [4.69, 9.17) is 0 Å². The number of aliphatic hydroxyl groups is 1. The summed E-state index contributed by atoms with van der Waals surface area (Å²) in [4.78, 5) is 5.44. The van der Waals surface area contributed by atoms with Crippen LogP contribution in [0.15, 0.2) is 46.8 Å². The topological polar surface area (TPSA) is 56.7 Å². The Hall–Kier alpha value is -1.19. The number of nitrogens with one attached hydrogen (secondary N) is 2. The first-order chi connectivity index (χ1) is 12.5. The van der Waals surface area contributed by atoms with E-state index in [2.05, 4.69) is 15.6 Å². The molecule has 148 valence electrons. The fraction of sp³-hybridized carbons (Fsp3) is 0.450. The lowest BCUT2D eigenvalue weighted by Crippen LogP contribution is -2.42. The lowest BCUT2D eigenvalue weighted by Gasteiger charge is -2.22. The number of rotatable bonds is 7. The molecule has 1 atom stereocenters. The molecule has 7 heteroatoms. The van der Waals surface area contributed by atoms with Crippen LogP contribution in [-0.2, 0) is 11.0 Å². The van der Waals surface area contributed by atoms with Gasteiger partial charge in [0.1, 0.15) is 11.4 Å². The Morgan fingerprint density at radius 3 is 2.59 bits per heavy atom. The van der Waals surface area contributed by atoms with Gasteiger partial charge in [0.2, 0.25) is 0 Å². The Bertz CT molecular complexity index is 760. The van der Waals surface area contributed by atoms with Crippen molar-refractivity contribution in [2.75, 3.05) is 19.6 Å². The highest BCUT2D eigenvalue weighted by atomic mass is 127. The van der Waals surface area contributed by atoms with Gasteiger partial charge in [-0.05, 0) is 49.8 Å². The molecule has 1 saturated carbocycles. The van der Waals surface area contributed by atoms with Gasteiger partial charge in [0.25, 0.3) is 0 Å². The molecule has 1 heterocycles. The van der Waals surface area contributed by atoms with Gasteiger partial charge in [-0.15, -0.1) is 35.3 Å². The smallest absolute Gasteiger partial charge is 0.191 e. The van der Waals surface area contributed by atoms with Crippen LogP contribution in [0, 0.1) is 5.82 Å². The highest BCUT2D eigenvalue weighted by Gasteiger charge is 2.45. The van der Waals surface area contributed by atoms with Crippen molar-refractivity contribution in [1.82, 2.24) is 10.6 Å². The molecule has 2 aromatic rings. The van der Waals surface area contributed by atoms with Gasteiger partial charge in [0.05, 0.1) is 6.54 Å². The average Bonchev–Trinajstić information content (AvgIpc) is 3.18. The van der Waals surface area contributed by atoms with Crippen molar-refractivity contribution >= 4 is 41.3 Å². The van der Waals surface area contributed by atoms with Crippen LogP contribution in [0.1, 0.15) is 37.1 Å². The third kappa shape index (κ3) is 5.42. The van der Waals surface area contributed by atoms with Gasteiger partial charge in [0.15, 0.2) is 5.96 Å². The quantitative estimate of drug-likeness (QED) is 0.304. The van der Waals surface area contributed by atoms with Crippen molar-refractivity contribution in [2.45, 2.75) is 37.7 Å². The molecule has 0 radical (unpaired) electrons. The molecular weight excluding hydrogens is 476 g/mol. The molecule has 1 aromatic carbocycles. The van der Waals surface area contributed by atoms with E-state index in [1.807, 2.05) is 36.6 Å². The fourth-order valence-corrected chi connectivity index (χ4v) is 3.85. The third-order valence-corrected chi connectivity index (χ3v) is 5.96. The molecule has 0 bridgehead atoms. The molecule has 0 aliphatic heterocycles. The van der Waals surface area contributed by atoms with Crippen molar-refractivity contribution in [1.29, 1.82) is 0 Å². The molecule has 4 nitrogen and oxygen atoms in total. The average molecular weight is 503 g/mol. The summed E-state index contributed by atoms with van der Waals surface area (Å²) in [6, 6.07) is 10.8. The summed E-state index contributed by atoms with van der Waals surface area (Å²) in [5, 5.41) is 19.1. The normalized spacial score (nSPS) is 17.6. The highest BCUT2D eigenvalue weighted by molar-refractivity contribution is 14.0. The summed E-state index contributed by atoms with van der Waals surface area (Å²) in [7, 11) is 0. The first-order valence-corrected chi connectivity index (χ1v) is 9.88. The molecule has 1 unspecified atom stereocenters. The number of benzene rings is 1. The van der Waals surface area contributed by atoms with Crippen LogP contribution in [0.4, 0.5) is 4.39 Å². The predicted molar refractivity (Wildman–Crippen MR) is 121 cm³/mol. The van der Waals surface area contributed by atoms with E-state index in [1.165, 1.54) is 17.4 Å². The zero-order chi connectivity index (χ0) is 18.6. The van der Waals surface area contributed by atoms with Gasteiger partial charge in [-0.3, -0.25) is 0 Å². The first kappa shape index (κ1) is 22.1. The zero-order valence-corrected chi connectivity index (χ0v) is 18.8. The molecule has 27 heavy (non-hydrogen) atoms. The number of guanidine groups is 1. The second-order valence-electron chi connectivity index (χ2n) is 7.06. The van der Waals surface area contributed by atoms with Crippen LogP contribution in [0.3, 0.4) is 0 Å². The second-order valence-corrected chi connectivity index (χ2v) is 8.01. The van der Waals surface area contributed by atoms with Crippen LogP contribution in [0.25, 0.3) is 0 Å². The minimum atomic E-state index is -1.00. The number of hydrogen-bond donors (Lipinski definition) is 3. The van der Waals surface area contributed by atoms with E-state index in [0.29, 0.717) is 12.5 Å². The zero-order valence-electron chi connectivity index (χ0n) is 15.7. The molecule has 0 amide bonds. The first-order valence-electron chi connectivity index (χ1n) is 9.00. The van der Waals surface area contributed by atoms with Gasteiger partial charge >= 0.3 is 0 Å². The van der Waals surface area contributed by atoms with E-state index < -0.39 is 5.60 Å². The Balaban J connectivity index is 0.00000261. The molecule has 3 rings (SSSR count). The second kappa shape index (κ2) is 9.34. The maximum Gasteiger partial charge on any atom is 0.191 e. The third-order valence-electron chi connectivity index (χ3n) is 4.83. The molecule has 1 aliphatic carbocycles. The Morgan fingerprint density at radius 1 is 1.26 bits per heavy atom. The van der Waals surface area contributed by atoms with E-state index in [0.717, 1.165) is 29.8 Å². The summed E-state index contributed by atoms with van der Waals surface area (Å²) < 4.78 is 14.2. The van der Waals surface area contributed by atoms with Crippen molar-refractivity contribution in [3.05, 3.63) is 58.0 Å². The van der Waals surface area contributed by atoms with Gasteiger partial charge < -0.3 is 15.7 Å². The van der Waals surface area contributed by atoms with Crippen LogP contribution in [-0.4, -0.2) is 30.7 Å². The lowest BCUT2D eigenvalue weighted by molar-refractivity contribution is 0.0711. The standard InChI is InChI=1S/C20H26FN3OS.HI/c1-3-22-18(23-13-19(2,25)17-9-6-12-26-17)24-14-20(10-11-20)15-7-4-5-8-16(15)21;/h4-9,12,25H,3,10-11,13-14H2,1-2H3,(H2,22,23,24);1H. The largest absolute Gasteiger partial charge is 0.383 e. The summed E-state index contributed by atoms with van der Waals surface area (Å²) in [5.41, 5.74) is -0.383. The maximum absolute atomic E-state index is 14.2. The number of thiophene rings is 1. The minimum Gasteiger partial charge on any atom is -0.383 e. The monoisotopic (exact) mass is 503 g/mol. The van der Waals surface area contributed by atoms with Crippen molar-refractivity contribution < 1.29 is 9.50 Å². The SMILES string of the molecule is CCNC(=NCC(C)(O)c1cccs1)NCC1(c2ccccc2F)CC1.I. The van der Waals surface area contributed by atoms with E-state index in [1.54, 1.807) is 13.0 Å². The molecule has 1 aromatic heterocycles. The van der Waals surface area contributed by atoms with Gasteiger partial charge in [0, 0.05) is 23.4 Å². The molecule has 1 aliphatic rings. The van der Waals surface area contributed by atoms with Gasteiger partial charge in [-0.1, -0.05) is 24.3 Å². The summed E-state index contributed by atoms with van der Waals surface area (Å²) >= 11 is 1.52. The van der Waals surface area contributed by atoms with Gasteiger partial charge in [-0.25, -0.2) is 9.38 Å². The number of aliphatic imine (C=N–C) groups is 1. The van der Waals surface area contributed by atoms with Crippen LogP contribution < -0.4 is 10.6 Å². The van der Waals surface area contributed by atoms with E-state index >= 15 is 0 Å². The van der Waals surface area contributed by atoms with E-state index in [-0.39, 0.29) is 41.8 Å². The van der Waals surface area contributed by atoms with Crippen LogP contribution >= 0.6 is 35.3 Å². The highest BCUT2D eigenvalue weighted by Crippen LogP contribution is 2.48. The molecule has 0 saturated heterocycles. The summed E-state index contributed by atoms with van der Waals surface area (Å²) in [6.45, 7) is 5.38. The van der Waals surface area contributed by atoms with Crippen molar-refractivity contribution in [3.63, 3.8) is 0 Å². The Morgan fingerprint density at radius 2 is 2.00 bits per heavy atom. The molecule has 1 fully saturated rings. The fourth-order valence-electron chi connectivity index (χ4n) is 3.07. The molecule has 3 N–H and O–H groups in total. The molecule has 0 spiro atoms. The van der Waals surface area contributed by atoms with Crippen LogP contribution in [0.5, 0.6) is 0 Å². The van der Waals surface area contributed by atoms with Gasteiger partial charge in [-0.2, -0.15) is 0 Å². The number of hydrogen-bond acceptors (Lipinski definition) is 3. The van der Waals surface area contributed by atoms with Crippen molar-refractivity contribution in [2.24, 2.45) is 4.99 Å². The Labute approximate surface area is 181 Å². The number of nitrogens with zero attached hydrogens (tertiary/aromatic N) is 1. The Kier molecular flexibility index (Phi) is 7.64. The minimum absolute atomic E-state index is 0. The van der Waals surface area contributed by atoms with Crippen molar-refractivity contribution in [3.8, 4) is 0 Å². The molecular formula is C20H27FIN3OS. The van der Waals surface area contributed by atoms with Crippen LogP contribution in [0.2, 0.25) is 0 Å². The summed E-state index contributed by atoms with van der Waals surface area (Å²) in [5.74, 6) is 0.501. The predicted octanol–water partition coefficient (Wildman–Crippen LogP) is 4.00. The summed E-state index contributed by atoms with van der Waals surface area (Å²) in [6.07, 6.45) is 1.93. The maximum atomic E-state index is 14.2.